The number of carboxylic acid groups (broad SMARTS) is 2. The third kappa shape index (κ3) is 13.4. The number of aliphatic hydroxyl groups is 1. The largest absolute Gasteiger partial charge is 0.480 e. The second-order valence-electron chi connectivity index (χ2n) is 4.12. The number of hydrogen-bond donors (Lipinski definition) is 5. The van der Waals surface area contributed by atoms with E-state index in [0.29, 0.717) is 12.8 Å². The second kappa shape index (κ2) is 13.7. The Hall–Kier alpha value is -1.32. The van der Waals surface area contributed by atoms with Crippen LogP contribution in [0.5, 0.6) is 0 Å². The maximum absolute atomic E-state index is 10.8. The van der Waals surface area contributed by atoms with Gasteiger partial charge in [-0.3, -0.25) is 9.59 Å². The first-order chi connectivity index (χ1) is 9.79. The summed E-state index contributed by atoms with van der Waals surface area (Å²) in [5.74, 6) is -1.67. The zero-order chi connectivity index (χ0) is 16.8. The Labute approximate surface area is 128 Å². The topological polar surface area (TPSA) is 150 Å². The van der Waals surface area contributed by atoms with E-state index in [0.717, 1.165) is 5.75 Å². The van der Waals surface area contributed by atoms with Crippen molar-refractivity contribution in [3.63, 3.8) is 0 Å². The van der Waals surface area contributed by atoms with E-state index in [1.54, 1.807) is 11.8 Å². The Bertz CT molecular complexity index is 327. The van der Waals surface area contributed by atoms with Gasteiger partial charge in [-0.05, 0) is 24.9 Å². The van der Waals surface area contributed by atoms with E-state index in [-0.39, 0.29) is 12.3 Å². The molecule has 0 aromatic rings. The second-order valence-corrected chi connectivity index (χ2v) is 5.10. The maximum atomic E-state index is 10.8. The first kappa shape index (κ1) is 22.0. The van der Waals surface area contributed by atoms with Crippen LogP contribution in [0.15, 0.2) is 0 Å². The van der Waals surface area contributed by atoms with Crippen molar-refractivity contribution in [1.29, 1.82) is 0 Å². The van der Waals surface area contributed by atoms with Crippen LogP contribution in [0, 0.1) is 0 Å². The minimum atomic E-state index is -1.22. The summed E-state index contributed by atoms with van der Waals surface area (Å²) in [6.45, 7) is 1.24. The molecule has 0 aromatic heterocycles. The lowest BCUT2D eigenvalue weighted by Gasteiger charge is -2.10. The van der Waals surface area contributed by atoms with Crippen molar-refractivity contribution in [1.82, 2.24) is 5.32 Å². The molecule has 0 aliphatic rings. The van der Waals surface area contributed by atoms with Crippen molar-refractivity contribution < 1.29 is 29.7 Å². The highest BCUT2D eigenvalue weighted by atomic mass is 32.2. The molecule has 8 nitrogen and oxygen atoms in total. The lowest BCUT2D eigenvalue weighted by Crippen LogP contribution is -2.43. The van der Waals surface area contributed by atoms with Gasteiger partial charge in [0.1, 0.15) is 12.1 Å². The van der Waals surface area contributed by atoms with Crippen LogP contribution in [0.4, 0.5) is 0 Å². The SMILES string of the molecule is CCCC(=O)NC(CO)C(=O)O.CSCCC(N)C(=O)O. The zero-order valence-electron chi connectivity index (χ0n) is 12.2. The molecule has 0 bridgehead atoms. The fraction of sp³-hybridized carbons (Fsp3) is 0.750. The predicted molar refractivity (Wildman–Crippen MR) is 80.2 cm³/mol. The predicted octanol–water partition coefficient (Wildman–Crippen LogP) is -0.500. The normalized spacial score (nSPS) is 12.6. The van der Waals surface area contributed by atoms with Crippen molar-refractivity contribution in [2.75, 3.05) is 18.6 Å². The van der Waals surface area contributed by atoms with Crippen LogP contribution in [0.1, 0.15) is 26.2 Å². The third-order valence-electron chi connectivity index (χ3n) is 2.24. The van der Waals surface area contributed by atoms with E-state index in [2.05, 4.69) is 5.32 Å². The molecule has 0 radical (unpaired) electrons. The minimum absolute atomic E-state index is 0.282. The zero-order valence-corrected chi connectivity index (χ0v) is 13.1. The number of nitrogens with two attached hydrogens (primary N) is 1. The van der Waals surface area contributed by atoms with E-state index >= 15 is 0 Å². The highest BCUT2D eigenvalue weighted by Crippen LogP contribution is 1.97. The van der Waals surface area contributed by atoms with Gasteiger partial charge in [0.15, 0.2) is 0 Å². The molecule has 0 rings (SSSR count). The summed E-state index contributed by atoms with van der Waals surface area (Å²) in [5.41, 5.74) is 5.19. The number of aliphatic hydroxyl groups excluding tert-OH is 1. The Morgan fingerprint density at radius 3 is 2.14 bits per heavy atom. The molecule has 0 aliphatic carbocycles. The van der Waals surface area contributed by atoms with Crippen LogP contribution in [-0.4, -0.2) is 63.9 Å². The van der Waals surface area contributed by atoms with Crippen LogP contribution in [0.25, 0.3) is 0 Å². The van der Waals surface area contributed by atoms with Crippen LogP contribution in [-0.2, 0) is 14.4 Å². The molecule has 0 saturated heterocycles. The van der Waals surface area contributed by atoms with Gasteiger partial charge in [-0.2, -0.15) is 11.8 Å². The molecule has 0 aliphatic heterocycles. The fourth-order valence-corrected chi connectivity index (χ4v) is 1.54. The smallest absolute Gasteiger partial charge is 0.328 e. The lowest BCUT2D eigenvalue weighted by molar-refractivity contribution is -0.143. The average molecular weight is 324 g/mol. The van der Waals surface area contributed by atoms with Gasteiger partial charge in [0, 0.05) is 6.42 Å². The third-order valence-corrected chi connectivity index (χ3v) is 2.89. The molecule has 2 atom stereocenters. The van der Waals surface area contributed by atoms with Crippen LogP contribution >= 0.6 is 11.8 Å². The van der Waals surface area contributed by atoms with Gasteiger partial charge in [0.2, 0.25) is 5.91 Å². The Morgan fingerprint density at radius 2 is 1.81 bits per heavy atom. The molecule has 0 aromatic carbocycles. The molecule has 6 N–H and O–H groups in total. The number of amides is 1. The molecule has 2 unspecified atom stereocenters. The summed E-state index contributed by atoms with van der Waals surface area (Å²) in [6.07, 6.45) is 3.42. The molecule has 0 spiro atoms. The number of carboxylic acids is 2. The van der Waals surface area contributed by atoms with Crippen molar-refractivity contribution in [3.8, 4) is 0 Å². The molecule has 0 saturated carbocycles. The number of carbonyl (C=O) groups excluding carboxylic acids is 1. The van der Waals surface area contributed by atoms with Gasteiger partial charge < -0.3 is 26.4 Å². The number of thioether (sulfide) groups is 1. The van der Waals surface area contributed by atoms with Crippen molar-refractivity contribution >= 4 is 29.6 Å². The summed E-state index contributed by atoms with van der Waals surface area (Å²) < 4.78 is 0. The molecule has 21 heavy (non-hydrogen) atoms. The van der Waals surface area contributed by atoms with Gasteiger partial charge in [0.05, 0.1) is 6.61 Å². The number of nitrogens with one attached hydrogen (secondary N) is 1. The Kier molecular flexibility index (Phi) is 14.3. The van der Waals surface area contributed by atoms with Gasteiger partial charge in [-0.1, -0.05) is 6.92 Å². The van der Waals surface area contributed by atoms with Crippen molar-refractivity contribution in [2.45, 2.75) is 38.3 Å². The average Bonchev–Trinajstić information content (AvgIpc) is 2.42. The van der Waals surface area contributed by atoms with E-state index in [9.17, 15) is 14.4 Å². The van der Waals surface area contributed by atoms with Crippen molar-refractivity contribution in [2.24, 2.45) is 5.73 Å². The standard InChI is InChI=1S/C7H13NO4.C5H11NO2S/c1-2-3-6(10)8-5(4-9)7(11)12;1-9-3-2-4(6)5(7)8/h5,9H,2-4H2,1H3,(H,8,10)(H,11,12);4H,2-3,6H2,1H3,(H,7,8). The van der Waals surface area contributed by atoms with E-state index < -0.39 is 30.6 Å². The number of hydrogen-bond acceptors (Lipinski definition) is 6. The highest BCUT2D eigenvalue weighted by molar-refractivity contribution is 7.98. The summed E-state index contributed by atoms with van der Waals surface area (Å²) in [7, 11) is 0. The number of rotatable bonds is 9. The molecular formula is C12H24N2O6S. The first-order valence-electron chi connectivity index (χ1n) is 6.40. The highest BCUT2D eigenvalue weighted by Gasteiger charge is 2.17. The first-order valence-corrected chi connectivity index (χ1v) is 7.79. The summed E-state index contributed by atoms with van der Waals surface area (Å²) in [5, 5.41) is 27.4. The molecular weight excluding hydrogens is 300 g/mol. The molecule has 0 heterocycles. The summed E-state index contributed by atoms with van der Waals surface area (Å²) in [4.78, 5) is 31.2. The maximum Gasteiger partial charge on any atom is 0.328 e. The monoisotopic (exact) mass is 324 g/mol. The van der Waals surface area contributed by atoms with Gasteiger partial charge in [0.25, 0.3) is 0 Å². The van der Waals surface area contributed by atoms with Crippen LogP contribution in [0.3, 0.4) is 0 Å². The summed E-state index contributed by atoms with van der Waals surface area (Å²) in [6, 6.07) is -1.86. The van der Waals surface area contributed by atoms with E-state index in [4.69, 9.17) is 21.1 Å². The number of carbonyl (C=O) groups is 3. The van der Waals surface area contributed by atoms with Gasteiger partial charge in [-0.15, -0.1) is 0 Å². The van der Waals surface area contributed by atoms with E-state index in [1.165, 1.54) is 0 Å². The van der Waals surface area contributed by atoms with Crippen LogP contribution in [0.2, 0.25) is 0 Å². The minimum Gasteiger partial charge on any atom is -0.480 e. The quantitative estimate of drug-likeness (QED) is 0.381. The van der Waals surface area contributed by atoms with Gasteiger partial charge >= 0.3 is 11.9 Å². The Morgan fingerprint density at radius 1 is 1.24 bits per heavy atom. The molecule has 1 amide bonds. The molecule has 9 heteroatoms. The molecule has 0 fully saturated rings. The van der Waals surface area contributed by atoms with E-state index in [1.807, 2.05) is 13.2 Å². The fourth-order valence-electron chi connectivity index (χ4n) is 1.05. The van der Waals surface area contributed by atoms with Crippen LogP contribution < -0.4 is 11.1 Å². The lowest BCUT2D eigenvalue weighted by atomic mass is 10.2. The summed E-state index contributed by atoms with van der Waals surface area (Å²) >= 11 is 1.60. The Balaban J connectivity index is 0. The molecule has 124 valence electrons. The number of aliphatic carboxylic acids is 2. The van der Waals surface area contributed by atoms with Gasteiger partial charge in [-0.25, -0.2) is 4.79 Å². The van der Waals surface area contributed by atoms with Crippen molar-refractivity contribution in [3.05, 3.63) is 0 Å².